The molecule has 0 radical (unpaired) electrons. The highest BCUT2D eigenvalue weighted by Crippen LogP contribution is 2.25. The van der Waals surface area contributed by atoms with Gasteiger partial charge in [-0.15, -0.1) is 11.8 Å². The standard InChI is InChI=1S/C12H19N3O3S2/c1-12(2,11(18)15-8(7-19)10(16)17)20-6-3-9-13-4-5-14-9/h4-5,8,19H,3,6-7H2,1-2H3,(H,13,14)(H,15,18)(H,16,17)/t8-/m0/s1. The number of aliphatic carboxylic acids is 1. The van der Waals surface area contributed by atoms with Gasteiger partial charge in [0.2, 0.25) is 5.91 Å². The van der Waals surface area contributed by atoms with Gasteiger partial charge in [-0.25, -0.2) is 9.78 Å². The van der Waals surface area contributed by atoms with E-state index in [4.69, 9.17) is 5.11 Å². The summed E-state index contributed by atoms with van der Waals surface area (Å²) < 4.78 is -0.705. The summed E-state index contributed by atoms with van der Waals surface area (Å²) in [5.41, 5.74) is 0. The molecule has 0 fully saturated rings. The van der Waals surface area contributed by atoms with Crippen molar-refractivity contribution < 1.29 is 14.7 Å². The van der Waals surface area contributed by atoms with Crippen molar-refractivity contribution in [3.8, 4) is 0 Å². The summed E-state index contributed by atoms with van der Waals surface area (Å²) in [6.45, 7) is 3.54. The molecule has 8 heteroatoms. The van der Waals surface area contributed by atoms with Crippen molar-refractivity contribution in [1.82, 2.24) is 15.3 Å². The molecule has 20 heavy (non-hydrogen) atoms. The third kappa shape index (κ3) is 5.09. The predicted octanol–water partition coefficient (Wildman–Crippen LogP) is 0.963. The number of rotatable bonds is 8. The van der Waals surface area contributed by atoms with Crippen molar-refractivity contribution in [2.75, 3.05) is 11.5 Å². The Labute approximate surface area is 127 Å². The SMILES string of the molecule is CC(C)(SCCc1ncc[nH]1)C(=O)N[C@@H](CS)C(=O)O. The molecule has 0 aliphatic heterocycles. The Kier molecular flexibility index (Phi) is 6.41. The van der Waals surface area contributed by atoms with E-state index in [9.17, 15) is 9.59 Å². The van der Waals surface area contributed by atoms with E-state index in [1.54, 1.807) is 26.2 Å². The smallest absolute Gasteiger partial charge is 0.327 e. The zero-order chi connectivity index (χ0) is 15.2. The fourth-order valence-electron chi connectivity index (χ4n) is 1.42. The van der Waals surface area contributed by atoms with Gasteiger partial charge in [-0.3, -0.25) is 4.79 Å². The summed E-state index contributed by atoms with van der Waals surface area (Å²) in [6, 6.07) is -0.962. The zero-order valence-electron chi connectivity index (χ0n) is 11.4. The molecule has 1 rings (SSSR count). The van der Waals surface area contributed by atoms with E-state index in [0.717, 1.165) is 12.2 Å². The minimum atomic E-state index is -1.08. The number of aromatic nitrogens is 2. The lowest BCUT2D eigenvalue weighted by molar-refractivity contribution is -0.141. The molecular weight excluding hydrogens is 298 g/mol. The van der Waals surface area contributed by atoms with E-state index in [-0.39, 0.29) is 11.7 Å². The minimum absolute atomic E-state index is 0.0637. The third-order valence-corrected chi connectivity index (χ3v) is 4.37. The van der Waals surface area contributed by atoms with E-state index >= 15 is 0 Å². The first-order valence-electron chi connectivity index (χ1n) is 6.13. The first kappa shape index (κ1) is 16.9. The van der Waals surface area contributed by atoms with Gasteiger partial charge in [-0.1, -0.05) is 0 Å². The van der Waals surface area contributed by atoms with Gasteiger partial charge in [0.05, 0.1) is 4.75 Å². The number of H-pyrrole nitrogens is 1. The normalized spacial score (nSPS) is 12.9. The van der Waals surface area contributed by atoms with Crippen molar-refractivity contribution in [2.45, 2.75) is 31.1 Å². The van der Waals surface area contributed by atoms with Crippen LogP contribution in [-0.2, 0) is 16.0 Å². The number of hydrogen-bond acceptors (Lipinski definition) is 5. The summed E-state index contributed by atoms with van der Waals surface area (Å²) in [5, 5.41) is 11.4. The number of hydrogen-bond donors (Lipinski definition) is 4. The van der Waals surface area contributed by atoms with Crippen LogP contribution in [0.4, 0.5) is 0 Å². The lowest BCUT2D eigenvalue weighted by Crippen LogP contribution is -2.49. The van der Waals surface area contributed by atoms with E-state index in [1.807, 2.05) is 0 Å². The van der Waals surface area contributed by atoms with Gasteiger partial charge in [0.1, 0.15) is 11.9 Å². The van der Waals surface area contributed by atoms with Gasteiger partial charge in [0.25, 0.3) is 0 Å². The molecule has 3 N–H and O–H groups in total. The van der Waals surface area contributed by atoms with Gasteiger partial charge in [-0.2, -0.15) is 12.6 Å². The van der Waals surface area contributed by atoms with Crippen LogP contribution in [0.3, 0.4) is 0 Å². The number of aryl methyl sites for hydroxylation is 1. The number of imidazole rings is 1. The highest BCUT2D eigenvalue weighted by atomic mass is 32.2. The summed E-state index contributed by atoms with van der Waals surface area (Å²) in [4.78, 5) is 30.1. The van der Waals surface area contributed by atoms with Gasteiger partial charge < -0.3 is 15.4 Å². The van der Waals surface area contributed by atoms with Crippen molar-refractivity contribution in [3.05, 3.63) is 18.2 Å². The quantitative estimate of drug-likeness (QED) is 0.536. The summed E-state index contributed by atoms with van der Waals surface area (Å²) in [7, 11) is 0. The maximum Gasteiger partial charge on any atom is 0.327 e. The Morgan fingerprint density at radius 1 is 1.60 bits per heavy atom. The van der Waals surface area contributed by atoms with E-state index in [0.29, 0.717) is 5.75 Å². The van der Waals surface area contributed by atoms with E-state index in [1.165, 1.54) is 11.8 Å². The number of nitrogens with one attached hydrogen (secondary N) is 2. The molecule has 1 atom stereocenters. The van der Waals surface area contributed by atoms with E-state index in [2.05, 4.69) is 27.9 Å². The molecule has 0 aliphatic carbocycles. The lowest BCUT2D eigenvalue weighted by atomic mass is 10.2. The van der Waals surface area contributed by atoms with Crippen LogP contribution < -0.4 is 5.32 Å². The molecule has 0 saturated heterocycles. The first-order chi connectivity index (χ1) is 9.36. The second-order valence-electron chi connectivity index (χ2n) is 4.69. The molecule has 0 spiro atoms. The van der Waals surface area contributed by atoms with Crippen molar-refractivity contribution in [1.29, 1.82) is 0 Å². The molecule has 1 heterocycles. The largest absolute Gasteiger partial charge is 0.480 e. The summed E-state index contributed by atoms with van der Waals surface area (Å²) in [6.07, 6.45) is 4.16. The number of carbonyl (C=O) groups excluding carboxylic acids is 1. The van der Waals surface area contributed by atoms with Crippen LogP contribution in [0.2, 0.25) is 0 Å². The van der Waals surface area contributed by atoms with Crippen molar-refractivity contribution in [2.24, 2.45) is 0 Å². The molecule has 0 unspecified atom stereocenters. The lowest BCUT2D eigenvalue weighted by Gasteiger charge is -2.24. The number of thioether (sulfide) groups is 1. The third-order valence-electron chi connectivity index (χ3n) is 2.69. The Morgan fingerprint density at radius 2 is 2.30 bits per heavy atom. The fourth-order valence-corrected chi connectivity index (χ4v) is 2.66. The van der Waals surface area contributed by atoms with Crippen molar-refractivity contribution in [3.63, 3.8) is 0 Å². The van der Waals surface area contributed by atoms with Crippen LogP contribution in [0.15, 0.2) is 12.4 Å². The molecule has 1 aromatic heterocycles. The fraction of sp³-hybridized carbons (Fsp3) is 0.583. The zero-order valence-corrected chi connectivity index (χ0v) is 13.1. The van der Waals surface area contributed by atoms with Gasteiger partial charge in [0, 0.05) is 30.3 Å². The number of carboxylic acids is 1. The Bertz CT molecular complexity index is 449. The second-order valence-corrected chi connectivity index (χ2v) is 6.77. The van der Waals surface area contributed by atoms with Crippen LogP contribution >= 0.6 is 24.4 Å². The number of carboxylic acid groups (broad SMARTS) is 1. The highest BCUT2D eigenvalue weighted by molar-refractivity contribution is 8.01. The van der Waals surface area contributed by atoms with Crippen LogP contribution in [0.1, 0.15) is 19.7 Å². The average molecular weight is 317 g/mol. The number of amides is 1. The second kappa shape index (κ2) is 7.58. The predicted molar refractivity (Wildman–Crippen MR) is 82.2 cm³/mol. The van der Waals surface area contributed by atoms with Gasteiger partial charge >= 0.3 is 5.97 Å². The molecule has 1 aromatic rings. The first-order valence-corrected chi connectivity index (χ1v) is 7.75. The molecule has 0 saturated carbocycles. The topological polar surface area (TPSA) is 95.1 Å². The molecule has 6 nitrogen and oxygen atoms in total. The Hall–Kier alpha value is -1.15. The van der Waals surface area contributed by atoms with Crippen LogP contribution in [-0.4, -0.2) is 49.2 Å². The van der Waals surface area contributed by atoms with Crippen LogP contribution in [0, 0.1) is 0 Å². The molecule has 112 valence electrons. The van der Waals surface area contributed by atoms with Crippen LogP contribution in [0.25, 0.3) is 0 Å². The minimum Gasteiger partial charge on any atom is -0.480 e. The summed E-state index contributed by atoms with van der Waals surface area (Å²) in [5.74, 6) is 0.265. The highest BCUT2D eigenvalue weighted by Gasteiger charge is 2.31. The Balaban J connectivity index is 2.45. The molecule has 0 aromatic carbocycles. The maximum atomic E-state index is 12.1. The Morgan fingerprint density at radius 3 is 2.80 bits per heavy atom. The van der Waals surface area contributed by atoms with Gasteiger partial charge in [-0.05, 0) is 13.8 Å². The van der Waals surface area contributed by atoms with E-state index < -0.39 is 16.8 Å². The monoisotopic (exact) mass is 317 g/mol. The van der Waals surface area contributed by atoms with Crippen molar-refractivity contribution >= 4 is 36.3 Å². The number of thiol groups is 1. The molecule has 1 amide bonds. The van der Waals surface area contributed by atoms with Crippen LogP contribution in [0.5, 0.6) is 0 Å². The summed E-state index contributed by atoms with van der Waals surface area (Å²) >= 11 is 5.38. The molecule has 0 aliphatic rings. The number of aromatic amines is 1. The maximum absolute atomic E-state index is 12.1. The number of nitrogens with zero attached hydrogens (tertiary/aromatic N) is 1. The molecule has 0 bridgehead atoms. The van der Waals surface area contributed by atoms with Gasteiger partial charge in [0.15, 0.2) is 0 Å². The molecular formula is C12H19N3O3S2. The average Bonchev–Trinajstić information content (AvgIpc) is 2.88. The number of carbonyl (C=O) groups is 2.